The van der Waals surface area contributed by atoms with Crippen LogP contribution in [-0.4, -0.2) is 25.0 Å². The van der Waals surface area contributed by atoms with E-state index >= 15 is 0 Å². The van der Waals surface area contributed by atoms with Gasteiger partial charge in [0.1, 0.15) is 0 Å². The van der Waals surface area contributed by atoms with Crippen molar-refractivity contribution in [1.82, 2.24) is 0 Å². The van der Waals surface area contributed by atoms with Crippen molar-refractivity contribution < 1.29 is 22.7 Å². The van der Waals surface area contributed by atoms with E-state index in [2.05, 4.69) is 9.58 Å². The Morgan fingerprint density at radius 2 is 2.16 bits per heavy atom. The number of hydrogen-bond acceptors (Lipinski definition) is 4. The molecule has 0 amide bonds. The number of carbonyl (C=O) groups is 1. The lowest BCUT2D eigenvalue weighted by Gasteiger charge is -2.14. The summed E-state index contributed by atoms with van der Waals surface area (Å²) in [7, 11) is 0. The lowest BCUT2D eigenvalue weighted by atomic mass is 10.1. The Labute approximate surface area is 112 Å². The average molecular weight is 290 g/mol. The van der Waals surface area contributed by atoms with Gasteiger partial charge in [0.05, 0.1) is 30.4 Å². The summed E-state index contributed by atoms with van der Waals surface area (Å²) in [5, 5.41) is 9.49. The van der Waals surface area contributed by atoms with Gasteiger partial charge in [0.25, 0.3) is 5.70 Å². The van der Waals surface area contributed by atoms with E-state index in [1.807, 2.05) is 0 Å². The second-order valence-corrected chi connectivity index (χ2v) is 3.64. The highest BCUT2D eigenvalue weighted by atomic mass is 32.2. The number of carbonyl (C=O) groups excluding carboxylic acids is 1. The van der Waals surface area contributed by atoms with E-state index < -0.39 is 29.0 Å². The van der Waals surface area contributed by atoms with Crippen molar-refractivity contribution in [2.75, 3.05) is 12.9 Å². The van der Waals surface area contributed by atoms with E-state index in [1.165, 1.54) is 13.2 Å². The van der Waals surface area contributed by atoms with Gasteiger partial charge in [0.2, 0.25) is 0 Å². The summed E-state index contributed by atoms with van der Waals surface area (Å²) in [4.78, 5) is 14.0. The third-order valence-electron chi connectivity index (χ3n) is 1.74. The molecule has 0 spiro atoms. The SMILES string of the molecule is [C-]#[N+]/C(C#N)=C(\C(=C\SC)C(=O)OCC)C(F)(F)F. The molecule has 0 aromatic heterocycles. The van der Waals surface area contributed by atoms with Crippen LogP contribution in [0.25, 0.3) is 4.85 Å². The summed E-state index contributed by atoms with van der Waals surface area (Å²) < 4.78 is 43.2. The van der Waals surface area contributed by atoms with Gasteiger partial charge in [-0.3, -0.25) is 0 Å². The molecule has 0 atom stereocenters. The Kier molecular flexibility index (Phi) is 6.73. The molecule has 0 N–H and O–H groups in total. The second kappa shape index (κ2) is 7.49. The van der Waals surface area contributed by atoms with Gasteiger partial charge in [-0.15, -0.1) is 11.8 Å². The Balaban J connectivity index is 6.07. The van der Waals surface area contributed by atoms with Gasteiger partial charge in [0, 0.05) is 0 Å². The number of halogens is 3. The standard InChI is InChI=1S/C11H9F3N2O2S/c1-4-18-10(17)7(6-19-3)9(11(12,13)14)8(5-15)16-2/h6H,4H2,1,3H3/b7-6-,9-8+. The third kappa shape index (κ3) is 4.68. The lowest BCUT2D eigenvalue weighted by Crippen LogP contribution is -2.21. The zero-order chi connectivity index (χ0) is 15.1. The molecule has 0 bridgehead atoms. The van der Waals surface area contributed by atoms with Gasteiger partial charge in [0.15, 0.2) is 0 Å². The summed E-state index contributed by atoms with van der Waals surface area (Å²) >= 11 is 0.837. The fourth-order valence-electron chi connectivity index (χ4n) is 1.09. The molecule has 0 fully saturated rings. The molecule has 0 heterocycles. The maximum Gasteiger partial charge on any atom is 0.409 e. The molecule has 0 radical (unpaired) electrons. The second-order valence-electron chi connectivity index (χ2n) is 2.93. The van der Waals surface area contributed by atoms with Gasteiger partial charge >= 0.3 is 12.1 Å². The van der Waals surface area contributed by atoms with Gasteiger partial charge in [-0.1, -0.05) is 0 Å². The van der Waals surface area contributed by atoms with Crippen molar-refractivity contribution in [3.8, 4) is 6.07 Å². The first-order chi connectivity index (χ1) is 8.83. The number of esters is 1. The summed E-state index contributed by atoms with van der Waals surface area (Å²) in [5.41, 5.74) is -3.60. The molecule has 19 heavy (non-hydrogen) atoms. The number of thioether (sulfide) groups is 1. The van der Waals surface area contributed by atoms with Gasteiger partial charge in [-0.05, 0) is 18.6 Å². The zero-order valence-electron chi connectivity index (χ0n) is 10.0. The molecule has 4 nitrogen and oxygen atoms in total. The summed E-state index contributed by atoms with van der Waals surface area (Å²) in [6.45, 7) is 7.92. The molecule has 0 saturated heterocycles. The smallest absolute Gasteiger partial charge is 0.409 e. The number of ether oxygens (including phenoxy) is 1. The fraction of sp³-hybridized carbons (Fsp3) is 0.364. The first-order valence-corrected chi connectivity index (χ1v) is 6.11. The molecule has 0 aromatic rings. The highest BCUT2D eigenvalue weighted by Crippen LogP contribution is 2.35. The minimum absolute atomic E-state index is 0.115. The minimum Gasteiger partial charge on any atom is -0.462 e. The quantitative estimate of drug-likeness (QED) is 0.262. The number of rotatable bonds is 4. The van der Waals surface area contributed by atoms with Crippen molar-refractivity contribution in [2.45, 2.75) is 13.1 Å². The van der Waals surface area contributed by atoms with Crippen LogP contribution < -0.4 is 0 Å². The van der Waals surface area contributed by atoms with Gasteiger partial charge < -0.3 is 4.74 Å². The van der Waals surface area contributed by atoms with Crippen LogP contribution in [0.15, 0.2) is 22.3 Å². The third-order valence-corrected chi connectivity index (χ3v) is 2.21. The summed E-state index contributed by atoms with van der Waals surface area (Å²) in [6.07, 6.45) is -3.55. The maximum atomic E-state index is 12.9. The highest BCUT2D eigenvalue weighted by Gasteiger charge is 2.41. The number of nitriles is 1. The van der Waals surface area contributed by atoms with Crippen molar-refractivity contribution >= 4 is 17.7 Å². The zero-order valence-corrected chi connectivity index (χ0v) is 10.9. The highest BCUT2D eigenvalue weighted by molar-refractivity contribution is 8.01. The van der Waals surface area contributed by atoms with Crippen LogP contribution in [0.5, 0.6) is 0 Å². The van der Waals surface area contributed by atoms with Crippen LogP contribution in [-0.2, 0) is 9.53 Å². The van der Waals surface area contributed by atoms with Crippen LogP contribution in [0.4, 0.5) is 13.2 Å². The van der Waals surface area contributed by atoms with Crippen LogP contribution in [0.1, 0.15) is 6.92 Å². The van der Waals surface area contributed by atoms with E-state index in [-0.39, 0.29) is 6.61 Å². The topological polar surface area (TPSA) is 54.5 Å². The number of alkyl halides is 3. The molecule has 0 saturated carbocycles. The summed E-state index contributed by atoms with van der Waals surface area (Å²) in [5.74, 6) is -1.22. The number of nitrogens with zero attached hydrogens (tertiary/aromatic N) is 2. The van der Waals surface area contributed by atoms with Crippen LogP contribution in [0, 0.1) is 17.9 Å². The molecular formula is C11H9F3N2O2S. The summed E-state index contributed by atoms with van der Waals surface area (Å²) in [6, 6.07) is 1.14. The van der Waals surface area contributed by atoms with Crippen molar-refractivity contribution in [3.05, 3.63) is 33.7 Å². The Morgan fingerprint density at radius 1 is 1.58 bits per heavy atom. The van der Waals surface area contributed by atoms with E-state index in [1.54, 1.807) is 0 Å². The Bertz CT molecular complexity index is 480. The van der Waals surface area contributed by atoms with Crippen molar-refractivity contribution in [1.29, 1.82) is 5.26 Å². The first kappa shape index (κ1) is 17.1. The maximum absolute atomic E-state index is 12.9. The molecular weight excluding hydrogens is 281 g/mol. The Morgan fingerprint density at radius 3 is 2.47 bits per heavy atom. The Hall–Kier alpha value is -1.93. The van der Waals surface area contributed by atoms with Gasteiger partial charge in [-0.25, -0.2) is 14.9 Å². The predicted molar refractivity (Wildman–Crippen MR) is 63.5 cm³/mol. The molecule has 102 valence electrons. The van der Waals surface area contributed by atoms with E-state index in [9.17, 15) is 18.0 Å². The molecule has 0 unspecified atom stereocenters. The molecule has 0 aliphatic rings. The van der Waals surface area contributed by atoms with Gasteiger partial charge in [-0.2, -0.15) is 13.2 Å². The van der Waals surface area contributed by atoms with Crippen LogP contribution in [0.3, 0.4) is 0 Å². The molecule has 0 aromatic carbocycles. The molecule has 0 rings (SSSR count). The van der Waals surface area contributed by atoms with E-state index in [4.69, 9.17) is 11.8 Å². The van der Waals surface area contributed by atoms with Crippen molar-refractivity contribution in [3.63, 3.8) is 0 Å². The monoisotopic (exact) mass is 290 g/mol. The minimum atomic E-state index is -5.00. The van der Waals surface area contributed by atoms with Crippen molar-refractivity contribution in [2.24, 2.45) is 0 Å². The molecule has 8 heteroatoms. The molecule has 0 aliphatic carbocycles. The van der Waals surface area contributed by atoms with E-state index in [0.29, 0.717) is 0 Å². The number of hydrogen-bond donors (Lipinski definition) is 0. The first-order valence-electron chi connectivity index (χ1n) is 4.82. The average Bonchev–Trinajstić information content (AvgIpc) is 2.32. The lowest BCUT2D eigenvalue weighted by molar-refractivity contribution is -0.140. The van der Waals surface area contributed by atoms with E-state index in [0.717, 1.165) is 23.2 Å². The van der Waals surface area contributed by atoms with Crippen LogP contribution >= 0.6 is 11.8 Å². The van der Waals surface area contributed by atoms with Crippen LogP contribution in [0.2, 0.25) is 0 Å². The number of allylic oxidation sites excluding steroid dienone is 1. The predicted octanol–water partition coefficient (Wildman–Crippen LogP) is 3.06. The normalized spacial score (nSPS) is 13.1. The largest absolute Gasteiger partial charge is 0.462 e. The fourth-order valence-corrected chi connectivity index (χ4v) is 1.54. The molecule has 0 aliphatic heterocycles.